The maximum absolute atomic E-state index is 6.61. The molecule has 0 atom stereocenters. The summed E-state index contributed by atoms with van der Waals surface area (Å²) in [6.07, 6.45) is 0. The van der Waals surface area contributed by atoms with Crippen molar-refractivity contribution in [2.24, 2.45) is 0 Å². The van der Waals surface area contributed by atoms with E-state index in [-0.39, 0.29) is 5.41 Å². The fourth-order valence-corrected chi connectivity index (χ4v) is 43.6. The van der Waals surface area contributed by atoms with Gasteiger partial charge in [0.2, 0.25) is 0 Å². The Balaban J connectivity index is 0.000000103. The number of benzene rings is 18. The number of para-hydroxylation sites is 14. The third kappa shape index (κ3) is 11.1. The van der Waals surface area contributed by atoms with Crippen LogP contribution in [0, 0.1) is 0 Å². The van der Waals surface area contributed by atoms with E-state index in [9.17, 15) is 0 Å². The van der Waals surface area contributed by atoms with Crippen molar-refractivity contribution >= 4 is 185 Å². The number of nitrogens with zero attached hydrogens (tertiary/aromatic N) is 3. The van der Waals surface area contributed by atoms with E-state index in [1.807, 2.05) is 71.3 Å². The largest absolute Gasteiger partial charge is 0.458 e. The summed E-state index contributed by atoms with van der Waals surface area (Å²) in [5.74, 6) is 7.52. The Bertz CT molecular complexity index is 6800. The van der Waals surface area contributed by atoms with Crippen molar-refractivity contribution in [1.29, 1.82) is 0 Å². The molecule has 0 unspecified atom stereocenters. The van der Waals surface area contributed by atoms with Crippen LogP contribution >= 0.6 is 47.0 Å². The summed E-state index contributed by atoms with van der Waals surface area (Å²) in [4.78, 5) is 17.8. The van der Waals surface area contributed by atoms with E-state index in [2.05, 4.69) is 423 Å². The van der Waals surface area contributed by atoms with E-state index < -0.39 is 24.2 Å². The summed E-state index contributed by atoms with van der Waals surface area (Å²) in [7, 11) is -8.17. The third-order valence-electron chi connectivity index (χ3n) is 26.3. The predicted molar refractivity (Wildman–Crippen MR) is 523 cm³/mol. The average Bonchev–Trinajstić information content (AvgIpc) is 0.690. The molecule has 594 valence electrons. The number of hydrogen-bond donors (Lipinski definition) is 0. The Labute approximate surface area is 746 Å². The Morgan fingerprint density at radius 2 is 0.392 bits per heavy atom. The molecule has 0 radical (unpaired) electrons. The smallest absolute Gasteiger partial charge is 0.190 e. The molecule has 7 nitrogen and oxygen atoms in total. The second-order valence-corrected chi connectivity index (χ2v) is 48.4. The van der Waals surface area contributed by atoms with Gasteiger partial charge in [-0.25, -0.2) is 0 Å². The molecule has 125 heavy (non-hydrogen) atoms. The lowest BCUT2D eigenvalue weighted by atomic mass is 9.73. The second-order valence-electron chi connectivity index (χ2n) is 33.1. The fraction of sp³-hybridized carbons (Fsp3) is 0.0270. The maximum Gasteiger partial charge on any atom is 0.190 e. The van der Waals surface area contributed by atoms with Crippen molar-refractivity contribution in [2.75, 3.05) is 14.7 Å². The lowest BCUT2D eigenvalue weighted by molar-refractivity contribution is 0.477. The van der Waals surface area contributed by atoms with Crippen molar-refractivity contribution < 1.29 is 18.9 Å². The zero-order valence-corrected chi connectivity index (χ0v) is 74.2. The van der Waals surface area contributed by atoms with Gasteiger partial charge >= 0.3 is 0 Å². The Morgan fingerprint density at radius 1 is 0.184 bits per heavy atom. The van der Waals surface area contributed by atoms with Gasteiger partial charge in [0.15, 0.2) is 35.7 Å². The molecule has 0 saturated carbocycles. The molecule has 0 fully saturated rings. The van der Waals surface area contributed by atoms with Gasteiger partial charge in [-0.3, -0.25) is 0 Å². The molecule has 9 aliphatic heterocycles. The Morgan fingerprint density at radius 3 is 0.712 bits per heavy atom. The summed E-state index contributed by atoms with van der Waals surface area (Å²) < 4.78 is 26.1. The first-order chi connectivity index (χ1) is 61.7. The lowest BCUT2D eigenvalue weighted by Crippen LogP contribution is -2.77. The molecule has 0 saturated heterocycles. The number of ether oxygens (including phenoxy) is 4. The summed E-state index contributed by atoms with van der Waals surface area (Å²) in [5.41, 5.74) is 13.1. The van der Waals surface area contributed by atoms with Crippen LogP contribution in [0.3, 0.4) is 0 Å². The molecule has 0 amide bonds. The molecule has 9 aliphatic rings. The molecule has 18 aromatic carbocycles. The van der Waals surface area contributed by atoms with E-state index in [1.165, 1.54) is 147 Å². The first kappa shape index (κ1) is 74.3. The molecular weight excluding hydrogens is 1650 g/mol. The number of hydrogen-bond acceptors (Lipinski definition) is 11. The zero-order valence-electron chi connectivity index (χ0n) is 67.9. The van der Waals surface area contributed by atoms with Gasteiger partial charge < -0.3 is 33.6 Å². The maximum atomic E-state index is 6.61. The molecule has 0 bridgehead atoms. The van der Waals surface area contributed by atoms with Crippen molar-refractivity contribution in [1.82, 2.24) is 0 Å². The van der Waals surface area contributed by atoms with Crippen LogP contribution in [0.4, 0.5) is 51.2 Å². The minimum Gasteiger partial charge on any atom is -0.458 e. The molecular formula is C111H75N3O4S4Si3. The topological polar surface area (TPSA) is 46.6 Å². The van der Waals surface area contributed by atoms with Gasteiger partial charge in [0.1, 0.15) is 34.5 Å². The van der Waals surface area contributed by atoms with Crippen LogP contribution in [0.5, 0.6) is 46.0 Å². The summed E-state index contributed by atoms with van der Waals surface area (Å²) in [6, 6.07) is 153. The van der Waals surface area contributed by atoms with E-state index >= 15 is 0 Å². The number of anilines is 9. The van der Waals surface area contributed by atoms with Crippen molar-refractivity contribution in [3.8, 4) is 46.0 Å². The van der Waals surface area contributed by atoms with Crippen LogP contribution < -0.4 is 95.9 Å². The Kier molecular flexibility index (Phi) is 17.3. The molecule has 14 heteroatoms. The third-order valence-corrected chi connectivity index (χ3v) is 46.7. The van der Waals surface area contributed by atoms with E-state index in [0.717, 1.165) is 63.1 Å². The molecule has 0 aliphatic carbocycles. The van der Waals surface area contributed by atoms with Gasteiger partial charge in [-0.05, 0) is 243 Å². The predicted octanol–water partition coefficient (Wildman–Crippen LogP) is 22.5. The number of rotatable bonds is 3. The molecule has 9 heterocycles. The van der Waals surface area contributed by atoms with Crippen LogP contribution in [-0.2, 0) is 5.41 Å². The highest BCUT2D eigenvalue weighted by Gasteiger charge is 2.56. The van der Waals surface area contributed by atoms with Crippen molar-refractivity contribution in [2.45, 2.75) is 58.4 Å². The normalized spacial score (nSPS) is 15.3. The molecule has 0 aromatic heterocycles. The van der Waals surface area contributed by atoms with Gasteiger partial charge in [-0.15, -0.1) is 0 Å². The van der Waals surface area contributed by atoms with Crippen LogP contribution in [0.15, 0.2) is 458 Å². The summed E-state index contributed by atoms with van der Waals surface area (Å²) >= 11 is 7.52. The number of fused-ring (bicyclic) bond motifs is 30. The first-order valence-corrected chi connectivity index (χ1v) is 51.7. The average molecular weight is 1730 g/mol. The minimum atomic E-state index is -2.73. The van der Waals surface area contributed by atoms with E-state index in [1.54, 1.807) is 0 Å². The highest BCUT2D eigenvalue weighted by atomic mass is 32.2. The van der Waals surface area contributed by atoms with Gasteiger partial charge in [0.25, 0.3) is 0 Å². The van der Waals surface area contributed by atoms with E-state index in [4.69, 9.17) is 18.9 Å². The first-order valence-electron chi connectivity index (χ1n) is 42.4. The van der Waals surface area contributed by atoms with Crippen LogP contribution in [0.25, 0.3) is 0 Å². The summed E-state index contributed by atoms with van der Waals surface area (Å²) in [5, 5.41) is 16.4. The monoisotopic (exact) mass is 1730 g/mol. The van der Waals surface area contributed by atoms with Gasteiger partial charge in [0, 0.05) is 61.6 Å². The van der Waals surface area contributed by atoms with Crippen LogP contribution in [0.2, 0.25) is 0 Å². The zero-order chi connectivity index (χ0) is 82.7. The quantitative estimate of drug-likeness (QED) is 0.159. The van der Waals surface area contributed by atoms with E-state index in [0.29, 0.717) is 0 Å². The fourth-order valence-electron chi connectivity index (χ4n) is 21.1. The van der Waals surface area contributed by atoms with Crippen molar-refractivity contribution in [3.05, 3.63) is 430 Å². The van der Waals surface area contributed by atoms with Crippen LogP contribution in [-0.4, -0.2) is 24.2 Å². The Hall–Kier alpha value is -13.4. The van der Waals surface area contributed by atoms with Crippen LogP contribution in [0.1, 0.15) is 25.0 Å². The highest BCUT2D eigenvalue weighted by molar-refractivity contribution is 8.01. The highest BCUT2D eigenvalue weighted by Crippen LogP contribution is 2.56. The van der Waals surface area contributed by atoms with Gasteiger partial charge in [-0.1, -0.05) is 310 Å². The molecule has 3 spiro atoms. The second kappa shape index (κ2) is 29.1. The minimum absolute atomic E-state index is 0.0960. The molecule has 0 N–H and O–H groups in total. The van der Waals surface area contributed by atoms with Crippen molar-refractivity contribution in [3.63, 3.8) is 0 Å². The standard InChI is InChI=1S/C39H29NOSSi.C36H23NO2SSi.C36H23NOS2Si/c1-39(2)27-13-3-5-15-29(27)40(30-16-6-4-14-28(30)39)26-23-24-34-38(25-26)43(37-22-12-9-19-33(37)42-34)35-20-10-7-17-31(35)41-32-18-8-11-21-36(32)43;1-3-13-27-25(11-1)37(26-12-2-4-14-28(26)38-27)24-21-22-32-36(23-24)41(35-20-10-7-17-31(35)40-32)33-18-8-5-15-29(33)39-30-16-6-9-19-34(30)41;1-5-15-29-25(11-1)37(26-12-2-6-16-30(26)39-29)24-21-22-32-36(23-24)41(35-20-10-7-17-31(35)40-32)33-18-8-3-13-27(33)38-28-14-4-9-19-34(28)41/h3-25H,1-2H3;2*1-23H. The summed E-state index contributed by atoms with van der Waals surface area (Å²) in [6.45, 7) is 4.69. The molecule has 27 rings (SSSR count). The lowest BCUT2D eigenvalue weighted by Gasteiger charge is -2.45. The SMILES string of the molecule is CC1(C)c2ccccc2N(c2ccc3c(c2)[Si]2(c4ccccc4Oc4ccccc42)c2ccccc2S3)c2ccccc21.c1ccc2c(c1)Oc1ccccc1N2c1ccc2c(c1)[Si]1(c3ccccc3Oc3ccccc31)c1ccccc1S2.c1ccc2c(c1)Oc1ccccc1[Si]21c2ccccc2Sc2ccc(N3c4ccccc4Sc4ccccc43)cc21. The van der Waals surface area contributed by atoms with Gasteiger partial charge in [0.05, 0.1) is 34.1 Å². The molecule has 18 aromatic rings. The van der Waals surface area contributed by atoms with Gasteiger partial charge in [-0.2, -0.15) is 0 Å².